The molecule has 0 spiro atoms. The average molecular weight is 290 g/mol. The molecule has 0 radical (unpaired) electrons. The molecule has 1 atom stereocenters. The summed E-state index contributed by atoms with van der Waals surface area (Å²) in [6.45, 7) is 0. The topological polar surface area (TPSA) is 24.9 Å². The number of benzene rings is 1. The van der Waals surface area contributed by atoms with Gasteiger partial charge in [0.05, 0.1) is 11.7 Å². The van der Waals surface area contributed by atoms with Crippen LogP contribution in [0.15, 0.2) is 29.2 Å². The van der Waals surface area contributed by atoms with E-state index in [-0.39, 0.29) is 0 Å². The van der Waals surface area contributed by atoms with Crippen LogP contribution in [-0.4, -0.2) is 18.3 Å². The van der Waals surface area contributed by atoms with E-state index < -0.39 is 0 Å². The second-order valence-corrected chi connectivity index (χ2v) is 6.75. The van der Waals surface area contributed by atoms with Crippen molar-refractivity contribution >= 4 is 23.1 Å². The van der Waals surface area contributed by atoms with Crippen LogP contribution < -0.4 is 5.32 Å². The van der Waals surface area contributed by atoms with Crippen LogP contribution in [0.4, 0.5) is 0 Å². The Bertz CT molecular complexity index is 560. The van der Waals surface area contributed by atoms with Gasteiger partial charge in [-0.05, 0) is 44.7 Å². The molecule has 2 aromatic rings. The monoisotopic (exact) mass is 290 g/mol. The molecule has 0 fully saturated rings. The molecule has 4 heteroatoms. The van der Waals surface area contributed by atoms with Crippen LogP contribution in [0, 0.1) is 0 Å². The second-order valence-electron chi connectivity index (χ2n) is 4.79. The highest BCUT2D eigenvalue weighted by molar-refractivity contribution is 7.98. The Balaban J connectivity index is 1.95. The fraction of sp³-hybridized carbons (Fsp3) is 0.400. The lowest BCUT2D eigenvalue weighted by molar-refractivity contribution is 0.490. The van der Waals surface area contributed by atoms with Crippen LogP contribution >= 0.6 is 23.1 Å². The van der Waals surface area contributed by atoms with Crippen LogP contribution in [0.5, 0.6) is 0 Å². The molecule has 19 heavy (non-hydrogen) atoms. The molecular weight excluding hydrogens is 272 g/mol. The van der Waals surface area contributed by atoms with Gasteiger partial charge in [-0.3, -0.25) is 0 Å². The highest BCUT2D eigenvalue weighted by Gasteiger charge is 2.23. The van der Waals surface area contributed by atoms with Crippen molar-refractivity contribution in [1.82, 2.24) is 10.3 Å². The summed E-state index contributed by atoms with van der Waals surface area (Å²) < 4.78 is 0. The largest absolute Gasteiger partial charge is 0.312 e. The number of nitrogens with one attached hydrogen (secondary N) is 1. The van der Waals surface area contributed by atoms with E-state index in [9.17, 15) is 0 Å². The Morgan fingerprint density at radius 1 is 1.32 bits per heavy atom. The van der Waals surface area contributed by atoms with Crippen LogP contribution in [0.2, 0.25) is 0 Å². The number of hydrogen-bond acceptors (Lipinski definition) is 4. The number of nitrogens with zero attached hydrogens (tertiary/aromatic N) is 1. The summed E-state index contributed by atoms with van der Waals surface area (Å²) in [5.74, 6) is 0. The van der Waals surface area contributed by atoms with E-state index in [1.165, 1.54) is 45.3 Å². The van der Waals surface area contributed by atoms with E-state index in [4.69, 9.17) is 4.98 Å². The van der Waals surface area contributed by atoms with E-state index in [1.807, 2.05) is 18.4 Å². The minimum Gasteiger partial charge on any atom is -0.312 e. The summed E-state index contributed by atoms with van der Waals surface area (Å²) in [7, 11) is 2.03. The summed E-state index contributed by atoms with van der Waals surface area (Å²) in [5, 5.41) is 4.55. The van der Waals surface area contributed by atoms with Gasteiger partial charge in [0.2, 0.25) is 0 Å². The maximum absolute atomic E-state index is 4.88. The SMILES string of the molecule is CNC1CCCc2sc(-c3ccc(SC)cc3)nc21. The maximum atomic E-state index is 4.88. The Morgan fingerprint density at radius 2 is 2.11 bits per heavy atom. The lowest BCUT2D eigenvalue weighted by atomic mass is 9.98. The predicted molar refractivity (Wildman–Crippen MR) is 84.1 cm³/mol. The Morgan fingerprint density at radius 3 is 2.79 bits per heavy atom. The summed E-state index contributed by atoms with van der Waals surface area (Å²) in [4.78, 5) is 7.65. The van der Waals surface area contributed by atoms with Crippen molar-refractivity contribution in [3.05, 3.63) is 34.8 Å². The van der Waals surface area contributed by atoms with Crippen LogP contribution in [-0.2, 0) is 6.42 Å². The van der Waals surface area contributed by atoms with Crippen molar-refractivity contribution in [1.29, 1.82) is 0 Å². The molecule has 0 aliphatic heterocycles. The summed E-state index contributed by atoms with van der Waals surface area (Å²) in [6.07, 6.45) is 5.77. The first kappa shape index (κ1) is 13.2. The summed E-state index contributed by atoms with van der Waals surface area (Å²) in [6, 6.07) is 9.17. The van der Waals surface area contributed by atoms with Gasteiger partial charge in [0.1, 0.15) is 5.01 Å². The van der Waals surface area contributed by atoms with Gasteiger partial charge in [0.15, 0.2) is 0 Å². The van der Waals surface area contributed by atoms with Crippen molar-refractivity contribution in [2.75, 3.05) is 13.3 Å². The molecule has 1 aliphatic carbocycles. The number of aryl methyl sites for hydroxylation is 1. The van der Waals surface area contributed by atoms with E-state index in [0.717, 1.165) is 0 Å². The van der Waals surface area contributed by atoms with Crippen molar-refractivity contribution in [3.63, 3.8) is 0 Å². The van der Waals surface area contributed by atoms with Crippen LogP contribution in [0.3, 0.4) is 0 Å². The number of thiazole rings is 1. The van der Waals surface area contributed by atoms with Gasteiger partial charge >= 0.3 is 0 Å². The normalized spacial score (nSPS) is 18.3. The van der Waals surface area contributed by atoms with E-state index >= 15 is 0 Å². The molecule has 0 amide bonds. The Labute approximate surface area is 122 Å². The van der Waals surface area contributed by atoms with Gasteiger partial charge in [-0.1, -0.05) is 12.1 Å². The molecule has 3 rings (SSSR count). The van der Waals surface area contributed by atoms with Crippen molar-refractivity contribution < 1.29 is 0 Å². The quantitative estimate of drug-likeness (QED) is 0.860. The third-order valence-electron chi connectivity index (χ3n) is 3.64. The fourth-order valence-electron chi connectivity index (χ4n) is 2.56. The summed E-state index contributed by atoms with van der Waals surface area (Å²) in [5.41, 5.74) is 2.52. The first-order valence-corrected chi connectivity index (χ1v) is 8.67. The van der Waals surface area contributed by atoms with E-state index in [1.54, 1.807) is 11.8 Å². The maximum Gasteiger partial charge on any atom is 0.123 e. The molecule has 1 N–H and O–H groups in total. The number of thioether (sulfide) groups is 1. The van der Waals surface area contributed by atoms with Crippen molar-refractivity contribution in [2.45, 2.75) is 30.2 Å². The van der Waals surface area contributed by atoms with Crippen LogP contribution in [0.25, 0.3) is 10.6 Å². The third kappa shape index (κ3) is 2.57. The average Bonchev–Trinajstić information content (AvgIpc) is 2.91. The Hall–Kier alpha value is -0.840. The molecular formula is C15H18N2S2. The molecule has 1 aromatic heterocycles. The van der Waals surface area contributed by atoms with Gasteiger partial charge in [0, 0.05) is 15.3 Å². The molecule has 100 valence electrons. The zero-order chi connectivity index (χ0) is 13.2. The van der Waals surface area contributed by atoms with E-state index in [0.29, 0.717) is 6.04 Å². The van der Waals surface area contributed by atoms with E-state index in [2.05, 4.69) is 35.8 Å². The van der Waals surface area contributed by atoms with Crippen molar-refractivity contribution in [3.8, 4) is 10.6 Å². The van der Waals surface area contributed by atoms with Gasteiger partial charge in [-0.2, -0.15) is 0 Å². The smallest absolute Gasteiger partial charge is 0.123 e. The molecule has 0 saturated carbocycles. The van der Waals surface area contributed by atoms with Crippen molar-refractivity contribution in [2.24, 2.45) is 0 Å². The van der Waals surface area contributed by atoms with Gasteiger partial charge < -0.3 is 5.32 Å². The number of aromatic nitrogens is 1. The number of rotatable bonds is 3. The number of hydrogen-bond donors (Lipinski definition) is 1. The van der Waals surface area contributed by atoms with Gasteiger partial charge in [0.25, 0.3) is 0 Å². The highest BCUT2D eigenvalue weighted by Crippen LogP contribution is 2.37. The lowest BCUT2D eigenvalue weighted by Gasteiger charge is -2.19. The Kier molecular flexibility index (Phi) is 3.91. The molecule has 1 aromatic carbocycles. The third-order valence-corrected chi connectivity index (χ3v) is 5.56. The molecule has 0 bridgehead atoms. The van der Waals surface area contributed by atoms with Crippen LogP contribution in [0.1, 0.15) is 29.5 Å². The fourth-order valence-corrected chi connectivity index (χ4v) is 4.13. The predicted octanol–water partition coefficient (Wildman–Crippen LogP) is 4.13. The first-order chi connectivity index (χ1) is 9.31. The van der Waals surface area contributed by atoms with Gasteiger partial charge in [-0.25, -0.2) is 4.98 Å². The minimum atomic E-state index is 0.444. The zero-order valence-electron chi connectivity index (χ0n) is 11.3. The minimum absolute atomic E-state index is 0.444. The lowest BCUT2D eigenvalue weighted by Crippen LogP contribution is -2.21. The molecule has 2 nitrogen and oxygen atoms in total. The molecule has 0 saturated heterocycles. The standard InChI is InChI=1S/C15H18N2S2/c1-16-12-4-3-5-13-14(12)17-15(19-13)10-6-8-11(18-2)9-7-10/h6-9,12,16H,3-5H2,1-2H3. The highest BCUT2D eigenvalue weighted by atomic mass is 32.2. The molecule has 1 heterocycles. The first-order valence-electron chi connectivity index (χ1n) is 6.63. The molecule has 1 unspecified atom stereocenters. The zero-order valence-corrected chi connectivity index (χ0v) is 12.9. The number of fused-ring (bicyclic) bond motifs is 1. The second kappa shape index (κ2) is 5.65. The molecule has 1 aliphatic rings. The summed E-state index contributed by atoms with van der Waals surface area (Å²) >= 11 is 3.64. The van der Waals surface area contributed by atoms with Gasteiger partial charge in [-0.15, -0.1) is 23.1 Å².